The molecule has 90 valence electrons. The van der Waals surface area contributed by atoms with Crippen LogP contribution >= 0.6 is 0 Å². The Morgan fingerprint density at radius 1 is 1.59 bits per heavy atom. The highest BCUT2D eigenvalue weighted by molar-refractivity contribution is 5.79. The zero-order valence-electron chi connectivity index (χ0n) is 9.69. The van der Waals surface area contributed by atoms with Crippen LogP contribution in [-0.4, -0.2) is 29.6 Å². The van der Waals surface area contributed by atoms with Crippen LogP contribution in [0.25, 0.3) is 11.0 Å². The third-order valence-electron chi connectivity index (χ3n) is 2.59. The molecule has 0 aliphatic rings. The number of methoxy groups -OCH3 is 1. The molecule has 0 aromatic carbocycles. The van der Waals surface area contributed by atoms with Crippen LogP contribution in [0, 0.1) is 0 Å². The fourth-order valence-electron chi connectivity index (χ4n) is 1.67. The van der Waals surface area contributed by atoms with Gasteiger partial charge in [-0.15, -0.1) is 0 Å². The van der Waals surface area contributed by atoms with E-state index in [4.69, 9.17) is 0 Å². The first-order valence-corrected chi connectivity index (χ1v) is 5.50. The Hall–Kier alpha value is -1.88. The van der Waals surface area contributed by atoms with Gasteiger partial charge in [-0.1, -0.05) is 0 Å². The zero-order chi connectivity index (χ0) is 12.1. The number of nitrogens with zero attached hydrogens (tertiary/aromatic N) is 1. The van der Waals surface area contributed by atoms with E-state index < -0.39 is 0 Å². The van der Waals surface area contributed by atoms with E-state index in [0.717, 1.165) is 16.6 Å². The van der Waals surface area contributed by atoms with Gasteiger partial charge in [0.05, 0.1) is 13.5 Å². The highest BCUT2D eigenvalue weighted by Crippen LogP contribution is 2.14. The molecule has 0 fully saturated rings. The minimum absolute atomic E-state index is 0.196. The summed E-state index contributed by atoms with van der Waals surface area (Å²) in [4.78, 5) is 18.2. The van der Waals surface area contributed by atoms with Crippen molar-refractivity contribution in [3.63, 3.8) is 0 Å². The highest BCUT2D eigenvalue weighted by atomic mass is 16.5. The molecule has 0 unspecified atom stereocenters. The maximum Gasteiger partial charge on any atom is 0.306 e. The summed E-state index contributed by atoms with van der Waals surface area (Å²) in [5.41, 5.74) is 2.04. The van der Waals surface area contributed by atoms with Crippen molar-refractivity contribution < 1.29 is 9.53 Å². The molecule has 0 saturated heterocycles. The maximum atomic E-state index is 10.9. The van der Waals surface area contributed by atoms with Gasteiger partial charge in [0, 0.05) is 30.9 Å². The normalized spacial score (nSPS) is 10.6. The van der Waals surface area contributed by atoms with Gasteiger partial charge < -0.3 is 15.0 Å². The van der Waals surface area contributed by atoms with E-state index in [2.05, 4.69) is 20.0 Å². The van der Waals surface area contributed by atoms with Crippen LogP contribution in [0.1, 0.15) is 12.0 Å². The average molecular weight is 233 g/mol. The van der Waals surface area contributed by atoms with Crippen molar-refractivity contribution in [1.29, 1.82) is 0 Å². The Bertz CT molecular complexity index is 507. The van der Waals surface area contributed by atoms with Crippen molar-refractivity contribution in [2.24, 2.45) is 0 Å². The first kappa shape index (κ1) is 11.6. The van der Waals surface area contributed by atoms with Crippen molar-refractivity contribution in [2.45, 2.75) is 13.0 Å². The van der Waals surface area contributed by atoms with Crippen LogP contribution < -0.4 is 5.32 Å². The van der Waals surface area contributed by atoms with E-state index >= 15 is 0 Å². The molecule has 0 radical (unpaired) electrons. The zero-order valence-corrected chi connectivity index (χ0v) is 9.69. The van der Waals surface area contributed by atoms with Gasteiger partial charge >= 0.3 is 5.97 Å². The standard InChI is InChI=1S/C12H15N3O2/c1-17-11(16)4-6-13-7-9-8-15-12-10(9)3-2-5-14-12/h2-3,5,8,13H,4,6-7H2,1H3,(H,14,15). The van der Waals surface area contributed by atoms with Gasteiger partial charge in [-0.05, 0) is 17.7 Å². The number of esters is 1. The Labute approximate surface area is 99.2 Å². The molecule has 5 heteroatoms. The van der Waals surface area contributed by atoms with E-state index in [0.29, 0.717) is 19.5 Å². The van der Waals surface area contributed by atoms with Crippen LogP contribution in [-0.2, 0) is 16.1 Å². The third kappa shape index (κ3) is 2.82. The number of aromatic amines is 1. The molecule has 0 aliphatic heterocycles. The van der Waals surface area contributed by atoms with E-state index in [-0.39, 0.29) is 5.97 Å². The lowest BCUT2D eigenvalue weighted by Crippen LogP contribution is -2.18. The Balaban J connectivity index is 1.89. The molecular weight excluding hydrogens is 218 g/mol. The molecule has 2 aromatic heterocycles. The van der Waals surface area contributed by atoms with Crippen molar-refractivity contribution >= 4 is 17.0 Å². The molecule has 2 rings (SSSR count). The monoisotopic (exact) mass is 233 g/mol. The van der Waals surface area contributed by atoms with Crippen molar-refractivity contribution in [1.82, 2.24) is 15.3 Å². The number of carbonyl (C=O) groups is 1. The number of pyridine rings is 1. The summed E-state index contributed by atoms with van der Waals surface area (Å²) in [7, 11) is 1.40. The van der Waals surface area contributed by atoms with Crippen LogP contribution in [0.15, 0.2) is 24.5 Å². The van der Waals surface area contributed by atoms with Gasteiger partial charge in [-0.2, -0.15) is 0 Å². The topological polar surface area (TPSA) is 67.0 Å². The number of hydrogen-bond acceptors (Lipinski definition) is 4. The van der Waals surface area contributed by atoms with Crippen LogP contribution in [0.2, 0.25) is 0 Å². The molecule has 0 amide bonds. The number of hydrogen-bond donors (Lipinski definition) is 2. The summed E-state index contributed by atoms with van der Waals surface area (Å²) in [6, 6.07) is 3.93. The number of carbonyl (C=O) groups excluding carboxylic acids is 1. The first-order chi connectivity index (χ1) is 8.31. The molecule has 2 N–H and O–H groups in total. The quantitative estimate of drug-likeness (QED) is 0.602. The maximum absolute atomic E-state index is 10.9. The van der Waals surface area contributed by atoms with Gasteiger partial charge in [0.2, 0.25) is 0 Å². The molecule has 2 aromatic rings. The summed E-state index contributed by atoms with van der Waals surface area (Å²) >= 11 is 0. The Morgan fingerprint density at radius 3 is 3.29 bits per heavy atom. The molecule has 2 heterocycles. The summed E-state index contributed by atoms with van der Waals surface area (Å²) in [6.07, 6.45) is 4.08. The van der Waals surface area contributed by atoms with Gasteiger partial charge in [-0.3, -0.25) is 4.79 Å². The second-order valence-electron chi connectivity index (χ2n) is 3.72. The smallest absolute Gasteiger partial charge is 0.306 e. The summed E-state index contributed by atoms with van der Waals surface area (Å²) in [5, 5.41) is 4.31. The number of rotatable bonds is 5. The van der Waals surface area contributed by atoms with Gasteiger partial charge in [0.25, 0.3) is 0 Å². The fourth-order valence-corrected chi connectivity index (χ4v) is 1.67. The Kier molecular flexibility index (Phi) is 3.72. The van der Waals surface area contributed by atoms with Gasteiger partial charge in [0.1, 0.15) is 5.65 Å². The summed E-state index contributed by atoms with van der Waals surface area (Å²) in [5.74, 6) is -0.196. The molecule has 0 atom stereocenters. The van der Waals surface area contributed by atoms with Crippen LogP contribution in [0.3, 0.4) is 0 Å². The van der Waals surface area contributed by atoms with Crippen LogP contribution in [0.4, 0.5) is 0 Å². The second kappa shape index (κ2) is 5.45. The lowest BCUT2D eigenvalue weighted by atomic mass is 10.2. The largest absolute Gasteiger partial charge is 0.469 e. The predicted octanol–water partition coefficient (Wildman–Crippen LogP) is 1.22. The number of H-pyrrole nitrogens is 1. The average Bonchev–Trinajstić information content (AvgIpc) is 2.78. The SMILES string of the molecule is COC(=O)CCNCc1c[nH]c2ncccc12. The fraction of sp³-hybridized carbons (Fsp3) is 0.333. The summed E-state index contributed by atoms with van der Waals surface area (Å²) in [6.45, 7) is 1.32. The number of ether oxygens (including phenoxy) is 1. The van der Waals surface area contributed by atoms with E-state index in [1.807, 2.05) is 18.3 Å². The van der Waals surface area contributed by atoms with Crippen molar-refractivity contribution in [3.8, 4) is 0 Å². The second-order valence-corrected chi connectivity index (χ2v) is 3.72. The number of aromatic nitrogens is 2. The molecule has 17 heavy (non-hydrogen) atoms. The Morgan fingerprint density at radius 2 is 2.47 bits per heavy atom. The van der Waals surface area contributed by atoms with Crippen molar-refractivity contribution in [2.75, 3.05) is 13.7 Å². The first-order valence-electron chi connectivity index (χ1n) is 5.50. The molecule has 5 nitrogen and oxygen atoms in total. The lowest BCUT2D eigenvalue weighted by Gasteiger charge is -2.02. The minimum Gasteiger partial charge on any atom is -0.469 e. The van der Waals surface area contributed by atoms with Crippen molar-refractivity contribution in [3.05, 3.63) is 30.1 Å². The minimum atomic E-state index is -0.196. The summed E-state index contributed by atoms with van der Waals surface area (Å²) < 4.78 is 4.56. The lowest BCUT2D eigenvalue weighted by molar-refractivity contribution is -0.140. The molecule has 0 aliphatic carbocycles. The number of nitrogens with one attached hydrogen (secondary N) is 2. The van der Waals surface area contributed by atoms with Gasteiger partial charge in [-0.25, -0.2) is 4.98 Å². The van der Waals surface area contributed by atoms with E-state index in [1.54, 1.807) is 6.20 Å². The molecule has 0 saturated carbocycles. The predicted molar refractivity (Wildman–Crippen MR) is 64.4 cm³/mol. The molecule has 0 spiro atoms. The van der Waals surface area contributed by atoms with Crippen LogP contribution in [0.5, 0.6) is 0 Å². The third-order valence-corrected chi connectivity index (χ3v) is 2.59. The number of fused-ring (bicyclic) bond motifs is 1. The molecule has 0 bridgehead atoms. The van der Waals surface area contributed by atoms with E-state index in [1.165, 1.54) is 7.11 Å². The van der Waals surface area contributed by atoms with Gasteiger partial charge in [0.15, 0.2) is 0 Å². The molecular formula is C12H15N3O2. The van der Waals surface area contributed by atoms with E-state index in [9.17, 15) is 4.79 Å². The highest BCUT2D eigenvalue weighted by Gasteiger charge is 2.04.